The first-order valence-electron chi connectivity index (χ1n) is 13.3. The van der Waals surface area contributed by atoms with E-state index in [9.17, 15) is 14.0 Å². The average molecular weight is 550 g/mol. The predicted octanol–water partition coefficient (Wildman–Crippen LogP) is 5.39. The molecular weight excluding hydrogens is 517 g/mol. The third kappa shape index (κ3) is 5.35. The molecule has 5 rings (SSSR count). The van der Waals surface area contributed by atoms with E-state index in [1.54, 1.807) is 11.9 Å². The van der Waals surface area contributed by atoms with E-state index in [0.717, 1.165) is 60.8 Å². The second-order valence-corrected chi connectivity index (χ2v) is 10.9. The molecule has 9 heteroatoms. The van der Waals surface area contributed by atoms with Gasteiger partial charge in [-0.05, 0) is 74.9 Å². The van der Waals surface area contributed by atoms with Gasteiger partial charge in [0.15, 0.2) is 0 Å². The molecular formula is C30H33ClFN5O2. The van der Waals surface area contributed by atoms with Crippen molar-refractivity contribution in [3.63, 3.8) is 0 Å². The molecule has 0 radical (unpaired) electrons. The fraction of sp³-hybridized carbons (Fsp3) is 0.400. The topological polar surface area (TPSA) is 69.6 Å². The highest BCUT2D eigenvalue weighted by atomic mass is 35.5. The number of piperidine rings is 1. The van der Waals surface area contributed by atoms with Gasteiger partial charge in [-0.15, -0.1) is 0 Å². The molecule has 2 amide bonds. The van der Waals surface area contributed by atoms with Crippen LogP contribution >= 0.6 is 11.6 Å². The lowest BCUT2D eigenvalue weighted by molar-refractivity contribution is 0.0709. The largest absolute Gasteiger partial charge is 0.356 e. The lowest BCUT2D eigenvalue weighted by Crippen LogP contribution is -2.46. The number of rotatable bonds is 5. The summed E-state index contributed by atoms with van der Waals surface area (Å²) in [6.45, 7) is 5.51. The lowest BCUT2D eigenvalue weighted by atomic mass is 10.00. The van der Waals surface area contributed by atoms with Gasteiger partial charge in [0.25, 0.3) is 11.8 Å². The number of halogens is 2. The zero-order chi connectivity index (χ0) is 27.8. The van der Waals surface area contributed by atoms with Gasteiger partial charge in [-0.1, -0.05) is 23.7 Å². The number of hydrogen-bond donors (Lipinski definition) is 0. The third-order valence-corrected chi connectivity index (χ3v) is 8.33. The predicted molar refractivity (Wildman–Crippen MR) is 150 cm³/mol. The molecule has 0 N–H and O–H groups in total. The van der Waals surface area contributed by atoms with Crippen LogP contribution in [0.25, 0.3) is 0 Å². The van der Waals surface area contributed by atoms with Crippen molar-refractivity contribution < 1.29 is 14.0 Å². The van der Waals surface area contributed by atoms with E-state index in [1.165, 1.54) is 18.2 Å². The molecule has 39 heavy (non-hydrogen) atoms. The van der Waals surface area contributed by atoms with Gasteiger partial charge in [-0.2, -0.15) is 0 Å². The smallest absolute Gasteiger partial charge is 0.258 e. The van der Waals surface area contributed by atoms with Crippen LogP contribution in [0.4, 0.5) is 10.2 Å². The van der Waals surface area contributed by atoms with Crippen molar-refractivity contribution in [2.24, 2.45) is 0 Å². The van der Waals surface area contributed by atoms with Crippen LogP contribution < -0.4 is 4.90 Å². The minimum absolute atomic E-state index is 0.0400. The van der Waals surface area contributed by atoms with Crippen molar-refractivity contribution in [1.29, 1.82) is 0 Å². The number of hydrogen-bond acceptors (Lipinski definition) is 5. The number of nitrogens with zero attached hydrogens (tertiary/aromatic N) is 5. The van der Waals surface area contributed by atoms with E-state index in [4.69, 9.17) is 11.6 Å². The molecule has 1 aromatic heterocycles. The number of amides is 2. The van der Waals surface area contributed by atoms with Crippen molar-refractivity contribution in [2.45, 2.75) is 51.6 Å². The van der Waals surface area contributed by atoms with Crippen LogP contribution in [0.15, 0.2) is 42.5 Å². The second-order valence-electron chi connectivity index (χ2n) is 10.5. The summed E-state index contributed by atoms with van der Waals surface area (Å²) in [6, 6.07) is 11.9. The molecule has 1 atom stereocenters. The zero-order valence-electron chi connectivity index (χ0n) is 22.7. The minimum atomic E-state index is -0.640. The Morgan fingerprint density at radius 1 is 0.974 bits per heavy atom. The summed E-state index contributed by atoms with van der Waals surface area (Å²) in [7, 11) is 3.53. The van der Waals surface area contributed by atoms with E-state index >= 15 is 0 Å². The van der Waals surface area contributed by atoms with Gasteiger partial charge in [0.1, 0.15) is 17.5 Å². The molecule has 2 aromatic carbocycles. The van der Waals surface area contributed by atoms with Gasteiger partial charge >= 0.3 is 0 Å². The summed E-state index contributed by atoms with van der Waals surface area (Å²) in [5, 5.41) is 0.0895. The molecule has 1 fully saturated rings. The monoisotopic (exact) mass is 549 g/mol. The first-order valence-corrected chi connectivity index (χ1v) is 13.7. The Morgan fingerprint density at radius 3 is 2.41 bits per heavy atom. The Morgan fingerprint density at radius 2 is 1.72 bits per heavy atom. The number of carbonyl (C=O) groups is 2. The van der Waals surface area contributed by atoms with E-state index in [0.29, 0.717) is 12.0 Å². The summed E-state index contributed by atoms with van der Waals surface area (Å²) < 4.78 is 14.4. The number of aryl methyl sites for hydroxylation is 3. The highest BCUT2D eigenvalue weighted by Gasteiger charge is 2.33. The highest BCUT2D eigenvalue weighted by Crippen LogP contribution is 2.37. The number of benzene rings is 2. The molecule has 0 spiro atoms. The molecule has 3 aromatic rings. The Bertz CT molecular complexity index is 1380. The van der Waals surface area contributed by atoms with Crippen LogP contribution in [0.5, 0.6) is 0 Å². The maximum absolute atomic E-state index is 14.4. The quantitative estimate of drug-likeness (QED) is 0.427. The normalized spacial score (nSPS) is 17.2. The lowest BCUT2D eigenvalue weighted by Gasteiger charge is -2.37. The molecule has 7 nitrogen and oxygen atoms in total. The van der Waals surface area contributed by atoms with Crippen LogP contribution in [0.2, 0.25) is 5.02 Å². The van der Waals surface area contributed by atoms with Gasteiger partial charge in [0.05, 0.1) is 16.6 Å². The van der Waals surface area contributed by atoms with Crippen LogP contribution in [-0.4, -0.2) is 64.8 Å². The van der Waals surface area contributed by atoms with Gasteiger partial charge < -0.3 is 14.7 Å². The maximum Gasteiger partial charge on any atom is 0.258 e. The Balaban J connectivity index is 1.29. The molecule has 0 saturated carbocycles. The van der Waals surface area contributed by atoms with E-state index in [1.807, 2.05) is 50.1 Å². The first-order chi connectivity index (χ1) is 18.6. The minimum Gasteiger partial charge on any atom is -0.356 e. The molecule has 204 valence electrons. The number of carbonyl (C=O) groups excluding carboxylic acids is 2. The van der Waals surface area contributed by atoms with Crippen LogP contribution in [0.3, 0.4) is 0 Å². The van der Waals surface area contributed by atoms with E-state index in [-0.39, 0.29) is 28.6 Å². The van der Waals surface area contributed by atoms with Crippen molar-refractivity contribution >= 4 is 29.2 Å². The highest BCUT2D eigenvalue weighted by molar-refractivity contribution is 6.33. The van der Waals surface area contributed by atoms with Gasteiger partial charge in [-0.25, -0.2) is 14.4 Å². The molecule has 2 aliphatic rings. The van der Waals surface area contributed by atoms with Crippen LogP contribution in [0.1, 0.15) is 68.7 Å². The summed E-state index contributed by atoms with van der Waals surface area (Å²) in [5.41, 5.74) is 3.45. The van der Waals surface area contributed by atoms with Crippen LogP contribution in [-0.2, 0) is 6.42 Å². The first kappa shape index (κ1) is 27.1. The number of aromatic nitrogens is 2. The van der Waals surface area contributed by atoms with Gasteiger partial charge in [-0.3, -0.25) is 9.59 Å². The standard InChI is InChI=1S/C30H33ClFN5O2/c1-18-16-27(34-19(2)33-18)37-14-12-22(13-15-37)35(3)29(38)21-9-8-20-10-11-26(23(20)17-21)36(4)30(39)28-24(31)6-5-7-25(28)32/h5-9,16-17,22,26H,10-15H2,1-4H3/t26-/m1/s1. The SMILES string of the molecule is Cc1cc(N2CCC(N(C)C(=O)c3ccc4c(c3)[C@H](N(C)C(=O)c3c(F)cccc3Cl)CC4)CC2)nc(C)n1. The molecule has 1 saturated heterocycles. The Kier molecular flexibility index (Phi) is 7.58. The molecule has 2 heterocycles. The Hall–Kier alpha value is -3.52. The van der Waals surface area contributed by atoms with E-state index in [2.05, 4.69) is 14.9 Å². The zero-order valence-corrected chi connectivity index (χ0v) is 23.5. The Labute approximate surface area is 233 Å². The van der Waals surface area contributed by atoms with Crippen molar-refractivity contribution in [2.75, 3.05) is 32.1 Å². The third-order valence-electron chi connectivity index (χ3n) is 8.01. The summed E-state index contributed by atoms with van der Waals surface area (Å²) in [6.07, 6.45) is 3.18. The van der Waals surface area contributed by atoms with Crippen molar-refractivity contribution in [3.8, 4) is 0 Å². The maximum atomic E-state index is 14.4. The summed E-state index contributed by atoms with van der Waals surface area (Å²) in [5.74, 6) is 0.553. The molecule has 0 bridgehead atoms. The summed E-state index contributed by atoms with van der Waals surface area (Å²) in [4.78, 5) is 41.3. The fourth-order valence-corrected chi connectivity index (χ4v) is 6.09. The van der Waals surface area contributed by atoms with E-state index < -0.39 is 11.7 Å². The number of fused-ring (bicyclic) bond motifs is 1. The fourth-order valence-electron chi connectivity index (χ4n) is 5.85. The van der Waals surface area contributed by atoms with Crippen molar-refractivity contribution in [3.05, 3.63) is 87.1 Å². The number of anilines is 1. The summed E-state index contributed by atoms with van der Waals surface area (Å²) >= 11 is 6.16. The van der Waals surface area contributed by atoms with Gasteiger partial charge in [0.2, 0.25) is 0 Å². The molecule has 1 aliphatic heterocycles. The molecule has 1 aliphatic carbocycles. The second kappa shape index (κ2) is 10.9. The molecule has 0 unspecified atom stereocenters. The van der Waals surface area contributed by atoms with Gasteiger partial charge in [0, 0.05) is 50.6 Å². The average Bonchev–Trinajstić information content (AvgIpc) is 3.34. The van der Waals surface area contributed by atoms with Crippen LogP contribution in [0, 0.1) is 19.7 Å². The van der Waals surface area contributed by atoms with Crippen molar-refractivity contribution in [1.82, 2.24) is 19.8 Å².